The highest BCUT2D eigenvalue weighted by Crippen LogP contribution is 2.63. The Labute approximate surface area is 127 Å². The van der Waals surface area contributed by atoms with Crippen molar-refractivity contribution in [3.05, 3.63) is 34.9 Å². The molecule has 3 aliphatic rings. The molecule has 1 saturated heterocycles. The molecule has 1 saturated carbocycles. The van der Waals surface area contributed by atoms with Crippen LogP contribution < -0.4 is 5.32 Å². The number of benzene rings is 1. The number of aryl methyl sites for hydroxylation is 1. The SMILES string of the molecule is N#Cc1ccc2c(c1)C1(CC2)CC1CCC1CCNCC1. The fraction of sp³-hybridized carbons (Fsp3) is 0.632. The highest BCUT2D eigenvalue weighted by atomic mass is 14.9. The van der Waals surface area contributed by atoms with Crippen molar-refractivity contribution in [2.75, 3.05) is 13.1 Å². The predicted molar refractivity (Wildman–Crippen MR) is 84.1 cm³/mol. The van der Waals surface area contributed by atoms with Gasteiger partial charge in [0.2, 0.25) is 0 Å². The van der Waals surface area contributed by atoms with Crippen LogP contribution in [0.5, 0.6) is 0 Å². The summed E-state index contributed by atoms with van der Waals surface area (Å²) >= 11 is 0. The van der Waals surface area contributed by atoms with Gasteiger partial charge in [-0.15, -0.1) is 0 Å². The first-order valence-electron chi connectivity index (χ1n) is 8.56. The largest absolute Gasteiger partial charge is 0.317 e. The van der Waals surface area contributed by atoms with Crippen molar-refractivity contribution >= 4 is 0 Å². The van der Waals surface area contributed by atoms with E-state index in [0.29, 0.717) is 5.41 Å². The number of nitrogens with one attached hydrogen (secondary N) is 1. The van der Waals surface area contributed by atoms with Crippen LogP contribution in [0.25, 0.3) is 0 Å². The fourth-order valence-electron chi connectivity index (χ4n) is 4.82. The molecule has 2 fully saturated rings. The molecule has 2 atom stereocenters. The molecule has 2 nitrogen and oxygen atoms in total. The first kappa shape index (κ1) is 13.3. The van der Waals surface area contributed by atoms with Crippen LogP contribution in [0.4, 0.5) is 0 Å². The molecule has 1 heterocycles. The summed E-state index contributed by atoms with van der Waals surface area (Å²) in [6.45, 7) is 2.43. The minimum absolute atomic E-state index is 0.467. The minimum Gasteiger partial charge on any atom is -0.317 e. The third-order valence-electron chi connectivity index (χ3n) is 6.23. The van der Waals surface area contributed by atoms with Crippen LogP contribution in [0.2, 0.25) is 0 Å². The second-order valence-electron chi connectivity index (χ2n) is 7.31. The van der Waals surface area contributed by atoms with Gasteiger partial charge in [-0.2, -0.15) is 5.26 Å². The van der Waals surface area contributed by atoms with Crippen molar-refractivity contribution in [2.45, 2.75) is 50.4 Å². The molecule has 1 aromatic rings. The summed E-state index contributed by atoms with van der Waals surface area (Å²) in [5.41, 5.74) is 4.35. The van der Waals surface area contributed by atoms with Crippen molar-refractivity contribution < 1.29 is 0 Å². The van der Waals surface area contributed by atoms with E-state index >= 15 is 0 Å². The van der Waals surface area contributed by atoms with E-state index in [1.54, 1.807) is 0 Å². The van der Waals surface area contributed by atoms with Gasteiger partial charge in [-0.3, -0.25) is 0 Å². The summed E-state index contributed by atoms with van der Waals surface area (Å²) in [5, 5.41) is 12.6. The third kappa shape index (κ3) is 2.28. The molecule has 2 heteroatoms. The lowest BCUT2D eigenvalue weighted by Gasteiger charge is -2.23. The molecule has 1 spiro atoms. The quantitative estimate of drug-likeness (QED) is 0.919. The van der Waals surface area contributed by atoms with Crippen molar-refractivity contribution in [2.24, 2.45) is 11.8 Å². The Balaban J connectivity index is 1.43. The summed E-state index contributed by atoms with van der Waals surface area (Å²) in [6, 6.07) is 8.69. The monoisotopic (exact) mass is 280 g/mol. The molecule has 0 amide bonds. The van der Waals surface area contributed by atoms with Crippen molar-refractivity contribution in [3.8, 4) is 6.07 Å². The molecule has 1 N–H and O–H groups in total. The van der Waals surface area contributed by atoms with Crippen LogP contribution in [-0.4, -0.2) is 13.1 Å². The molecule has 2 unspecified atom stereocenters. The Morgan fingerprint density at radius 2 is 2.10 bits per heavy atom. The van der Waals surface area contributed by atoms with Crippen LogP contribution in [0.1, 0.15) is 55.2 Å². The molecule has 0 bridgehead atoms. The van der Waals surface area contributed by atoms with Gasteiger partial charge in [-0.05, 0) is 92.1 Å². The highest BCUT2D eigenvalue weighted by Gasteiger charge is 2.57. The average Bonchev–Trinajstić information content (AvgIpc) is 3.14. The Bertz CT molecular complexity index is 580. The fourth-order valence-corrected chi connectivity index (χ4v) is 4.82. The van der Waals surface area contributed by atoms with Crippen molar-refractivity contribution in [1.82, 2.24) is 5.32 Å². The Kier molecular flexibility index (Phi) is 3.27. The van der Waals surface area contributed by atoms with Crippen LogP contribution in [-0.2, 0) is 11.8 Å². The maximum absolute atomic E-state index is 9.14. The van der Waals surface area contributed by atoms with Crippen LogP contribution in [0.15, 0.2) is 18.2 Å². The van der Waals surface area contributed by atoms with Gasteiger partial charge in [0.05, 0.1) is 11.6 Å². The number of hydrogen-bond donors (Lipinski definition) is 1. The van der Waals surface area contributed by atoms with Crippen LogP contribution >= 0.6 is 0 Å². The zero-order chi connectivity index (χ0) is 14.3. The molecule has 1 aromatic carbocycles. The van der Waals surface area contributed by atoms with E-state index < -0.39 is 0 Å². The van der Waals surface area contributed by atoms with Gasteiger partial charge >= 0.3 is 0 Å². The van der Waals surface area contributed by atoms with Gasteiger partial charge in [0, 0.05) is 0 Å². The van der Waals surface area contributed by atoms with Gasteiger partial charge in [0.1, 0.15) is 0 Å². The minimum atomic E-state index is 0.467. The number of piperidine rings is 1. The highest BCUT2D eigenvalue weighted by molar-refractivity contribution is 5.49. The van der Waals surface area contributed by atoms with E-state index in [9.17, 15) is 0 Å². The lowest BCUT2D eigenvalue weighted by Crippen LogP contribution is -2.27. The predicted octanol–water partition coefficient (Wildman–Crippen LogP) is 3.54. The molecular formula is C19H24N2. The summed E-state index contributed by atoms with van der Waals surface area (Å²) in [4.78, 5) is 0. The van der Waals surface area contributed by atoms with Crippen molar-refractivity contribution in [3.63, 3.8) is 0 Å². The lowest BCUT2D eigenvalue weighted by molar-refractivity contribution is 0.335. The summed E-state index contributed by atoms with van der Waals surface area (Å²) in [6.07, 6.45) is 9.49. The zero-order valence-electron chi connectivity index (χ0n) is 12.7. The molecule has 0 radical (unpaired) electrons. The summed E-state index contributed by atoms with van der Waals surface area (Å²) in [5.74, 6) is 1.85. The summed E-state index contributed by atoms with van der Waals surface area (Å²) < 4.78 is 0. The van der Waals surface area contributed by atoms with E-state index in [1.165, 1.54) is 69.2 Å². The first-order chi connectivity index (χ1) is 10.3. The molecule has 2 aliphatic carbocycles. The van der Waals surface area contributed by atoms with E-state index in [0.717, 1.165) is 17.4 Å². The number of nitriles is 1. The maximum Gasteiger partial charge on any atom is 0.0991 e. The normalized spacial score (nSPS) is 31.1. The first-order valence-corrected chi connectivity index (χ1v) is 8.56. The van der Waals surface area contributed by atoms with E-state index in [4.69, 9.17) is 5.26 Å². The standard InChI is InChI=1S/C19H24N2/c20-13-15-1-3-16-5-8-19(18(16)11-15)12-17(19)4-2-14-6-9-21-10-7-14/h1,3,11,14,17,21H,2,4-10,12H2. The molecule has 0 aromatic heterocycles. The zero-order valence-corrected chi connectivity index (χ0v) is 12.7. The van der Waals surface area contributed by atoms with Crippen LogP contribution in [0.3, 0.4) is 0 Å². The second kappa shape index (κ2) is 5.14. The van der Waals surface area contributed by atoms with Gasteiger partial charge in [-0.25, -0.2) is 0 Å². The number of rotatable bonds is 3. The van der Waals surface area contributed by atoms with E-state index in [-0.39, 0.29) is 0 Å². The lowest BCUT2D eigenvalue weighted by atomic mass is 9.88. The molecule has 1 aliphatic heterocycles. The number of hydrogen-bond acceptors (Lipinski definition) is 2. The van der Waals surface area contributed by atoms with Gasteiger partial charge in [-0.1, -0.05) is 12.5 Å². The average molecular weight is 280 g/mol. The number of fused-ring (bicyclic) bond motifs is 2. The topological polar surface area (TPSA) is 35.8 Å². The number of nitrogens with zero attached hydrogens (tertiary/aromatic N) is 1. The van der Waals surface area contributed by atoms with Gasteiger partial charge in [0.25, 0.3) is 0 Å². The Hall–Kier alpha value is -1.33. The Morgan fingerprint density at radius 3 is 2.90 bits per heavy atom. The van der Waals surface area contributed by atoms with E-state index in [1.807, 2.05) is 6.07 Å². The van der Waals surface area contributed by atoms with E-state index in [2.05, 4.69) is 23.5 Å². The smallest absolute Gasteiger partial charge is 0.0991 e. The third-order valence-corrected chi connectivity index (χ3v) is 6.23. The summed E-state index contributed by atoms with van der Waals surface area (Å²) in [7, 11) is 0. The van der Waals surface area contributed by atoms with Gasteiger partial charge < -0.3 is 5.32 Å². The van der Waals surface area contributed by atoms with Crippen molar-refractivity contribution in [1.29, 1.82) is 5.26 Å². The molecule has 4 rings (SSSR count). The second-order valence-corrected chi connectivity index (χ2v) is 7.31. The molecule has 110 valence electrons. The maximum atomic E-state index is 9.14. The molecule has 21 heavy (non-hydrogen) atoms. The van der Waals surface area contributed by atoms with Gasteiger partial charge in [0.15, 0.2) is 0 Å². The molecular weight excluding hydrogens is 256 g/mol. The van der Waals surface area contributed by atoms with Crippen LogP contribution in [0, 0.1) is 23.2 Å². The Morgan fingerprint density at radius 1 is 1.24 bits per heavy atom.